The first-order valence-corrected chi connectivity index (χ1v) is 14.0. The molecule has 36 heavy (non-hydrogen) atoms. The predicted molar refractivity (Wildman–Crippen MR) is 152 cm³/mol. The molecule has 196 valence electrons. The molecular formula is C33H46FNO. The van der Waals surface area contributed by atoms with Crippen LogP contribution in [0.15, 0.2) is 36.4 Å². The molecule has 1 saturated carbocycles. The number of carbonyl (C=O) groups is 1. The molecule has 1 saturated heterocycles. The van der Waals surface area contributed by atoms with Crippen LogP contribution in [0.3, 0.4) is 0 Å². The number of nitrogens with zero attached hydrogens (tertiary/aromatic N) is 1. The minimum absolute atomic E-state index is 0.0842. The van der Waals surface area contributed by atoms with Crippen molar-refractivity contribution in [1.29, 1.82) is 0 Å². The fraction of sp³-hybridized carbons (Fsp3) is 0.545. The molecule has 2 aromatic rings. The third-order valence-electron chi connectivity index (χ3n) is 6.73. The van der Waals surface area contributed by atoms with E-state index in [0.717, 1.165) is 66.7 Å². The Labute approximate surface area is 219 Å². The van der Waals surface area contributed by atoms with Crippen molar-refractivity contribution in [3.63, 3.8) is 0 Å². The maximum Gasteiger partial charge on any atom is 0.160 e. The van der Waals surface area contributed by atoms with Crippen LogP contribution in [-0.2, 0) is 6.42 Å². The average Bonchev–Trinajstić information content (AvgIpc) is 3.55. The van der Waals surface area contributed by atoms with Gasteiger partial charge in [-0.15, -0.1) is 0 Å². The summed E-state index contributed by atoms with van der Waals surface area (Å²) < 4.78 is 13.6. The number of Topliss-reactive ketones (excluding diaryl/α,β-unsaturated/α-hetero) is 1. The van der Waals surface area contributed by atoms with E-state index in [0.29, 0.717) is 5.92 Å². The molecule has 4 rings (SSSR count). The van der Waals surface area contributed by atoms with Gasteiger partial charge in [0.15, 0.2) is 5.78 Å². The van der Waals surface area contributed by atoms with E-state index in [2.05, 4.69) is 43.6 Å². The number of hydrogen-bond donors (Lipinski definition) is 0. The highest BCUT2D eigenvalue weighted by Crippen LogP contribution is 2.26. The molecule has 0 radical (unpaired) electrons. The summed E-state index contributed by atoms with van der Waals surface area (Å²) in [5.74, 6) is 7.03. The van der Waals surface area contributed by atoms with Crippen LogP contribution < -0.4 is 4.90 Å². The predicted octanol–water partition coefficient (Wildman–Crippen LogP) is 8.92. The number of halogens is 1. The van der Waals surface area contributed by atoms with Gasteiger partial charge in [0.25, 0.3) is 0 Å². The van der Waals surface area contributed by atoms with Crippen molar-refractivity contribution >= 4 is 11.5 Å². The minimum atomic E-state index is -0.0842. The van der Waals surface area contributed by atoms with Crippen LogP contribution >= 0.6 is 0 Å². The van der Waals surface area contributed by atoms with Crippen LogP contribution in [0, 0.1) is 30.5 Å². The highest BCUT2D eigenvalue weighted by molar-refractivity contribution is 5.95. The normalized spacial score (nSPS) is 16.3. The maximum atomic E-state index is 13.6. The van der Waals surface area contributed by atoms with Gasteiger partial charge in [-0.25, -0.2) is 4.39 Å². The van der Waals surface area contributed by atoms with Gasteiger partial charge in [0.2, 0.25) is 0 Å². The van der Waals surface area contributed by atoms with E-state index in [-0.39, 0.29) is 11.6 Å². The number of carbonyl (C=O) groups excluding carboxylic acids is 1. The van der Waals surface area contributed by atoms with Gasteiger partial charge in [0.1, 0.15) is 5.82 Å². The van der Waals surface area contributed by atoms with E-state index in [4.69, 9.17) is 0 Å². The topological polar surface area (TPSA) is 20.3 Å². The van der Waals surface area contributed by atoms with Crippen molar-refractivity contribution in [2.45, 2.75) is 98.8 Å². The Kier molecular flexibility index (Phi) is 13.3. The second kappa shape index (κ2) is 16.2. The summed E-state index contributed by atoms with van der Waals surface area (Å²) in [5.41, 5.74) is 4.74. The fourth-order valence-corrected chi connectivity index (χ4v) is 4.69. The molecule has 1 unspecified atom stereocenters. The summed E-state index contributed by atoms with van der Waals surface area (Å²) in [6, 6.07) is 11.4. The van der Waals surface area contributed by atoms with Gasteiger partial charge in [0, 0.05) is 30.6 Å². The summed E-state index contributed by atoms with van der Waals surface area (Å²) in [6.45, 7) is 12.0. The third kappa shape index (κ3) is 10.2. The van der Waals surface area contributed by atoms with Crippen LogP contribution in [0.25, 0.3) is 0 Å². The van der Waals surface area contributed by atoms with Gasteiger partial charge in [-0.1, -0.05) is 77.2 Å². The Morgan fingerprint density at radius 1 is 1.03 bits per heavy atom. The smallest absolute Gasteiger partial charge is 0.160 e. The summed E-state index contributed by atoms with van der Waals surface area (Å²) in [7, 11) is 0. The first kappa shape index (κ1) is 29.6. The summed E-state index contributed by atoms with van der Waals surface area (Å²) in [5, 5.41) is 0. The largest absolute Gasteiger partial charge is 0.369 e. The van der Waals surface area contributed by atoms with Crippen molar-refractivity contribution in [1.82, 2.24) is 0 Å². The number of aryl methyl sites for hydroxylation is 2. The zero-order chi connectivity index (χ0) is 26.3. The molecule has 3 heteroatoms. The molecule has 0 spiro atoms. The lowest BCUT2D eigenvalue weighted by molar-refractivity contribution is 0.101. The molecular weight excluding hydrogens is 445 g/mol. The molecule has 0 aromatic heterocycles. The van der Waals surface area contributed by atoms with E-state index in [1.165, 1.54) is 38.5 Å². The molecule has 1 aliphatic heterocycles. The highest BCUT2D eigenvalue weighted by Gasteiger charge is 2.20. The quantitative estimate of drug-likeness (QED) is 0.307. The van der Waals surface area contributed by atoms with Crippen molar-refractivity contribution in [3.05, 3.63) is 64.5 Å². The van der Waals surface area contributed by atoms with Gasteiger partial charge in [-0.2, -0.15) is 0 Å². The Hall–Kier alpha value is -2.60. The van der Waals surface area contributed by atoms with Crippen LogP contribution in [0.5, 0.6) is 0 Å². The lowest BCUT2D eigenvalue weighted by Crippen LogP contribution is -2.20. The average molecular weight is 492 g/mol. The van der Waals surface area contributed by atoms with E-state index in [9.17, 15) is 9.18 Å². The SMILES string of the molecule is C1CCCC1.CCCC#Cc1ccc(C(C)=O)c(CCC)c1.Cc1ccc(N2CCC(C)C2)c(F)c1. The Morgan fingerprint density at radius 3 is 2.25 bits per heavy atom. The van der Waals surface area contributed by atoms with E-state index in [1.807, 2.05) is 31.2 Å². The summed E-state index contributed by atoms with van der Waals surface area (Å²) >= 11 is 0. The zero-order valence-corrected chi connectivity index (χ0v) is 23.3. The second-order valence-electron chi connectivity index (χ2n) is 10.3. The van der Waals surface area contributed by atoms with Gasteiger partial charge in [-0.05, 0) is 80.5 Å². The molecule has 0 bridgehead atoms. The molecule has 0 amide bonds. The number of anilines is 1. The lowest BCUT2D eigenvalue weighted by Gasteiger charge is -2.18. The highest BCUT2D eigenvalue weighted by atomic mass is 19.1. The maximum absolute atomic E-state index is 13.6. The lowest BCUT2D eigenvalue weighted by atomic mass is 9.98. The molecule has 2 aromatic carbocycles. The molecule has 0 N–H and O–H groups in total. The molecule has 2 aliphatic rings. The number of hydrogen-bond acceptors (Lipinski definition) is 2. The van der Waals surface area contributed by atoms with E-state index >= 15 is 0 Å². The third-order valence-corrected chi connectivity index (χ3v) is 6.73. The number of unbranched alkanes of at least 4 members (excludes halogenated alkanes) is 1. The monoisotopic (exact) mass is 491 g/mol. The first-order chi connectivity index (χ1) is 17.3. The van der Waals surface area contributed by atoms with Gasteiger partial charge < -0.3 is 4.90 Å². The van der Waals surface area contributed by atoms with Crippen LogP contribution in [0.4, 0.5) is 10.1 Å². The number of rotatable bonds is 5. The molecule has 2 fully saturated rings. The number of benzene rings is 2. The molecule has 2 nitrogen and oxygen atoms in total. The van der Waals surface area contributed by atoms with Gasteiger partial charge in [0.05, 0.1) is 5.69 Å². The van der Waals surface area contributed by atoms with Crippen LogP contribution in [0.2, 0.25) is 0 Å². The fourth-order valence-electron chi connectivity index (χ4n) is 4.69. The first-order valence-electron chi connectivity index (χ1n) is 14.0. The Bertz CT molecular complexity index is 1000. The molecule has 1 heterocycles. The number of ketones is 1. The van der Waals surface area contributed by atoms with Gasteiger partial charge in [-0.3, -0.25) is 4.79 Å². The second-order valence-corrected chi connectivity index (χ2v) is 10.3. The van der Waals surface area contributed by atoms with Crippen LogP contribution in [-0.4, -0.2) is 18.9 Å². The van der Waals surface area contributed by atoms with Crippen molar-refractivity contribution in [3.8, 4) is 11.8 Å². The molecule has 1 aliphatic carbocycles. The van der Waals surface area contributed by atoms with Crippen molar-refractivity contribution in [2.24, 2.45) is 5.92 Å². The summed E-state index contributed by atoms with van der Waals surface area (Å²) in [4.78, 5) is 13.6. The standard InChI is InChI=1S/C16H20O.C12H16FN.C5H10/c1-4-6-7-9-14-10-11-16(13(3)17)15(12-14)8-5-2;1-9-3-4-12(11(13)7-9)14-6-5-10(2)8-14;1-2-4-5-3-1/h10-12H,4-6,8H2,1-3H3;3-4,7,10H,5-6,8H2,1-2H3;1-5H2. The molecule has 1 atom stereocenters. The Morgan fingerprint density at radius 2 is 1.72 bits per heavy atom. The zero-order valence-electron chi connectivity index (χ0n) is 23.3. The van der Waals surface area contributed by atoms with Crippen molar-refractivity contribution in [2.75, 3.05) is 18.0 Å². The minimum Gasteiger partial charge on any atom is -0.369 e. The van der Waals surface area contributed by atoms with Gasteiger partial charge >= 0.3 is 0 Å². The summed E-state index contributed by atoms with van der Waals surface area (Å²) in [6.07, 6.45) is 12.7. The Balaban J connectivity index is 0.000000214. The van der Waals surface area contributed by atoms with E-state index in [1.54, 1.807) is 13.0 Å². The van der Waals surface area contributed by atoms with E-state index < -0.39 is 0 Å². The van der Waals surface area contributed by atoms with Crippen LogP contribution in [0.1, 0.15) is 113 Å². The van der Waals surface area contributed by atoms with Crippen molar-refractivity contribution < 1.29 is 9.18 Å².